The fourth-order valence-corrected chi connectivity index (χ4v) is 4.48. The second-order valence-electron chi connectivity index (χ2n) is 7.59. The molecule has 7 nitrogen and oxygen atoms in total. The molecule has 2 saturated heterocycles. The number of aromatic amines is 1. The number of rotatable bonds is 2. The van der Waals surface area contributed by atoms with Gasteiger partial charge in [-0.2, -0.15) is 0 Å². The van der Waals surface area contributed by atoms with Crippen LogP contribution in [0.3, 0.4) is 0 Å². The number of nitrogens with zero attached hydrogens (tertiary/aromatic N) is 2. The van der Waals surface area contributed by atoms with Crippen molar-refractivity contribution in [3.63, 3.8) is 0 Å². The lowest BCUT2D eigenvalue weighted by atomic mass is 9.74. The highest BCUT2D eigenvalue weighted by atomic mass is 16.3. The smallest absolute Gasteiger partial charge is 0.254 e. The van der Waals surface area contributed by atoms with Crippen LogP contribution in [0.5, 0.6) is 0 Å². The highest BCUT2D eigenvalue weighted by Crippen LogP contribution is 2.44. The molecule has 1 amide bonds. The molecule has 0 aromatic carbocycles. The molecule has 7 heteroatoms. The zero-order valence-electron chi connectivity index (χ0n) is 14.0. The molecule has 0 bridgehead atoms. The molecular weight excluding hydrogens is 308 g/mol. The lowest BCUT2D eigenvalue weighted by Gasteiger charge is -2.46. The molecule has 3 heterocycles. The van der Waals surface area contributed by atoms with E-state index in [-0.39, 0.29) is 23.5 Å². The molecule has 0 saturated carbocycles. The summed E-state index contributed by atoms with van der Waals surface area (Å²) in [6.07, 6.45) is 3.40. The number of hydrogen-bond acceptors (Lipinski definition) is 5. The van der Waals surface area contributed by atoms with Gasteiger partial charge in [0.25, 0.3) is 5.56 Å². The second-order valence-corrected chi connectivity index (χ2v) is 7.59. The first-order valence-electron chi connectivity index (χ1n) is 8.71. The number of aliphatic hydroxyl groups is 1. The highest BCUT2D eigenvalue weighted by molar-refractivity contribution is 5.84. The van der Waals surface area contributed by atoms with Crippen molar-refractivity contribution < 1.29 is 9.90 Å². The van der Waals surface area contributed by atoms with E-state index < -0.39 is 5.41 Å². The van der Waals surface area contributed by atoms with Gasteiger partial charge < -0.3 is 20.3 Å². The Hall–Kier alpha value is -1.73. The molecule has 2 aliphatic heterocycles. The number of nitrogens with one attached hydrogen (secondary N) is 2. The zero-order chi connectivity index (χ0) is 16.9. The van der Waals surface area contributed by atoms with Crippen LogP contribution in [0.1, 0.15) is 36.3 Å². The van der Waals surface area contributed by atoms with Crippen molar-refractivity contribution >= 4 is 5.91 Å². The maximum atomic E-state index is 12.7. The molecule has 2 fully saturated rings. The van der Waals surface area contributed by atoms with Gasteiger partial charge in [0.15, 0.2) is 0 Å². The zero-order valence-corrected chi connectivity index (χ0v) is 14.0. The van der Waals surface area contributed by atoms with Gasteiger partial charge >= 0.3 is 0 Å². The van der Waals surface area contributed by atoms with Crippen LogP contribution in [0.2, 0.25) is 0 Å². The number of aromatic nitrogens is 2. The minimum atomic E-state index is -0.621. The maximum Gasteiger partial charge on any atom is 0.254 e. The highest BCUT2D eigenvalue weighted by Gasteiger charge is 2.49. The number of amides is 1. The van der Waals surface area contributed by atoms with E-state index in [4.69, 9.17) is 0 Å². The number of likely N-dealkylation sites (tertiary alicyclic amines) is 1. The third-order valence-corrected chi connectivity index (χ3v) is 6.18. The summed E-state index contributed by atoms with van der Waals surface area (Å²) in [7, 11) is 0. The molecule has 3 aliphatic rings. The van der Waals surface area contributed by atoms with Crippen LogP contribution < -0.4 is 10.9 Å². The molecule has 4 rings (SSSR count). The molecule has 1 spiro atoms. The second kappa shape index (κ2) is 5.39. The lowest BCUT2D eigenvalue weighted by Crippen LogP contribution is -2.65. The minimum absolute atomic E-state index is 0.00680. The predicted octanol–water partition coefficient (Wildman–Crippen LogP) is -0.533. The fraction of sp³-hybridized carbons (Fsp3) is 0.706. The number of carbonyl (C=O) groups is 1. The number of aryl methyl sites for hydroxylation is 1. The summed E-state index contributed by atoms with van der Waals surface area (Å²) in [6, 6.07) is 0. The Bertz CT molecular complexity index is 724. The van der Waals surface area contributed by atoms with Gasteiger partial charge in [-0.3, -0.25) is 9.59 Å². The van der Waals surface area contributed by atoms with Crippen molar-refractivity contribution in [1.82, 2.24) is 20.2 Å². The van der Waals surface area contributed by atoms with E-state index in [1.807, 2.05) is 11.8 Å². The van der Waals surface area contributed by atoms with Gasteiger partial charge in [-0.1, -0.05) is 0 Å². The maximum absolute atomic E-state index is 12.7. The fourth-order valence-electron chi connectivity index (χ4n) is 4.48. The molecule has 0 atom stereocenters. The summed E-state index contributed by atoms with van der Waals surface area (Å²) >= 11 is 0. The van der Waals surface area contributed by atoms with Gasteiger partial charge in [-0.15, -0.1) is 0 Å². The van der Waals surface area contributed by atoms with Crippen molar-refractivity contribution in [2.45, 2.75) is 38.0 Å². The molecular formula is C17H24N4O3. The lowest BCUT2D eigenvalue weighted by molar-refractivity contribution is -0.150. The van der Waals surface area contributed by atoms with E-state index in [0.717, 1.165) is 36.9 Å². The van der Waals surface area contributed by atoms with Gasteiger partial charge in [0.2, 0.25) is 5.91 Å². The number of fused-ring (bicyclic) bond motifs is 2. The summed E-state index contributed by atoms with van der Waals surface area (Å²) in [5, 5.41) is 12.7. The Labute approximate surface area is 140 Å². The largest absolute Gasteiger partial charge is 0.395 e. The quantitative estimate of drug-likeness (QED) is 0.676. The summed E-state index contributed by atoms with van der Waals surface area (Å²) in [5.74, 6) is 0.727. The normalized spacial score (nSPS) is 23.8. The first-order chi connectivity index (χ1) is 11.5. The van der Waals surface area contributed by atoms with Crippen molar-refractivity contribution in [2.24, 2.45) is 5.41 Å². The molecule has 0 radical (unpaired) electrons. The van der Waals surface area contributed by atoms with Crippen molar-refractivity contribution in [3.05, 3.63) is 27.4 Å². The Morgan fingerprint density at radius 1 is 1.29 bits per heavy atom. The molecule has 24 heavy (non-hydrogen) atoms. The van der Waals surface area contributed by atoms with E-state index in [2.05, 4.69) is 15.3 Å². The number of hydrogen-bond donors (Lipinski definition) is 3. The van der Waals surface area contributed by atoms with E-state index in [1.165, 1.54) is 0 Å². The van der Waals surface area contributed by atoms with Crippen molar-refractivity contribution in [1.29, 1.82) is 0 Å². The summed E-state index contributed by atoms with van der Waals surface area (Å²) in [4.78, 5) is 34.2. The monoisotopic (exact) mass is 332 g/mol. The number of aliphatic hydroxyl groups excluding tert-OH is 1. The number of piperidine rings is 1. The molecule has 1 aromatic rings. The van der Waals surface area contributed by atoms with Gasteiger partial charge in [-0.05, 0) is 32.6 Å². The minimum Gasteiger partial charge on any atom is -0.395 e. The predicted molar refractivity (Wildman–Crippen MR) is 87.8 cm³/mol. The van der Waals surface area contributed by atoms with Crippen LogP contribution >= 0.6 is 0 Å². The van der Waals surface area contributed by atoms with E-state index >= 15 is 0 Å². The van der Waals surface area contributed by atoms with Crippen LogP contribution in [0.15, 0.2) is 4.79 Å². The third kappa shape index (κ3) is 2.14. The van der Waals surface area contributed by atoms with Crippen LogP contribution in [-0.4, -0.2) is 58.7 Å². The summed E-state index contributed by atoms with van der Waals surface area (Å²) in [5.41, 5.74) is 1.10. The topological polar surface area (TPSA) is 98.3 Å². The van der Waals surface area contributed by atoms with Gasteiger partial charge in [0.05, 0.1) is 17.7 Å². The average Bonchev–Trinajstić information content (AvgIpc) is 2.86. The first kappa shape index (κ1) is 15.8. The third-order valence-electron chi connectivity index (χ3n) is 6.18. The summed E-state index contributed by atoms with van der Waals surface area (Å²) < 4.78 is 0. The SMILES string of the molecule is Cc1nc2c(c(=O)[nH]1)CCC21CCN(C(=O)C2(CO)CNC2)CC1. The first-order valence-corrected chi connectivity index (χ1v) is 8.71. The van der Waals surface area contributed by atoms with E-state index in [1.54, 1.807) is 0 Å². The molecule has 3 N–H and O–H groups in total. The van der Waals surface area contributed by atoms with Crippen LogP contribution in [0.25, 0.3) is 0 Å². The molecule has 130 valence electrons. The number of H-pyrrole nitrogens is 1. The standard InChI is InChI=1S/C17H24N4O3/c1-11-19-13-12(14(23)20-11)2-3-16(13)4-6-21(7-5-16)15(24)17(10-22)8-18-9-17/h18,22H,2-10H2,1H3,(H,19,20,23). The van der Waals surface area contributed by atoms with Gasteiger partial charge in [0, 0.05) is 37.2 Å². The Balaban J connectivity index is 1.54. The Morgan fingerprint density at radius 2 is 2.00 bits per heavy atom. The molecule has 0 unspecified atom stereocenters. The molecule has 1 aromatic heterocycles. The van der Waals surface area contributed by atoms with Gasteiger partial charge in [0.1, 0.15) is 5.82 Å². The van der Waals surface area contributed by atoms with Crippen molar-refractivity contribution in [3.8, 4) is 0 Å². The van der Waals surface area contributed by atoms with Crippen molar-refractivity contribution in [2.75, 3.05) is 32.8 Å². The van der Waals surface area contributed by atoms with Crippen LogP contribution in [0.4, 0.5) is 0 Å². The number of carbonyl (C=O) groups excluding carboxylic acids is 1. The van der Waals surface area contributed by atoms with Crippen LogP contribution in [-0.2, 0) is 16.6 Å². The van der Waals surface area contributed by atoms with E-state index in [9.17, 15) is 14.7 Å². The van der Waals surface area contributed by atoms with Crippen LogP contribution in [0, 0.1) is 12.3 Å². The average molecular weight is 332 g/mol. The van der Waals surface area contributed by atoms with Gasteiger partial charge in [-0.25, -0.2) is 4.98 Å². The Kier molecular flexibility index (Phi) is 3.54. The van der Waals surface area contributed by atoms with E-state index in [0.29, 0.717) is 32.0 Å². The summed E-state index contributed by atoms with van der Waals surface area (Å²) in [6.45, 7) is 4.19. The molecule has 1 aliphatic carbocycles. The Morgan fingerprint density at radius 3 is 2.58 bits per heavy atom.